The van der Waals surface area contributed by atoms with Crippen molar-refractivity contribution in [3.63, 3.8) is 0 Å². The van der Waals surface area contributed by atoms with Gasteiger partial charge in [0.2, 0.25) is 0 Å². The Hall–Kier alpha value is -1.46. The van der Waals surface area contributed by atoms with Gasteiger partial charge in [0.05, 0.1) is 11.8 Å². The van der Waals surface area contributed by atoms with Gasteiger partial charge in [0.1, 0.15) is 0 Å². The normalized spacial score (nSPS) is 11.8. The summed E-state index contributed by atoms with van der Waals surface area (Å²) in [5, 5.41) is 9.23. The fourth-order valence-corrected chi connectivity index (χ4v) is 1.12. The molecule has 0 saturated heterocycles. The first-order valence-corrected chi connectivity index (χ1v) is 4.15. The maximum absolute atomic E-state index is 8.61. The molecule has 2 N–H and O–H groups in total. The molecule has 0 atom stereocenters. The summed E-state index contributed by atoms with van der Waals surface area (Å²) in [7, 11) is 0. The van der Waals surface area contributed by atoms with Crippen LogP contribution in [0.3, 0.4) is 0 Å². The molecule has 0 bridgehead atoms. The van der Waals surface area contributed by atoms with Gasteiger partial charge in [-0.3, -0.25) is 0 Å². The highest BCUT2D eigenvalue weighted by atomic mass is 35.5. The number of hydrogen-bond donors (Lipinski definition) is 1. The molecule has 1 rings (SSSR count). The molecule has 3 heteroatoms. The summed E-state index contributed by atoms with van der Waals surface area (Å²) in [5.41, 5.74) is 7.48. The second-order valence-electron chi connectivity index (χ2n) is 2.66. The van der Waals surface area contributed by atoms with E-state index in [1.165, 1.54) is 0 Å². The summed E-state index contributed by atoms with van der Waals surface area (Å²) in [6.07, 6.45) is 0. The van der Waals surface area contributed by atoms with Crippen molar-refractivity contribution in [2.24, 2.45) is 5.73 Å². The van der Waals surface area contributed by atoms with Gasteiger partial charge in [0.25, 0.3) is 0 Å². The highest BCUT2D eigenvalue weighted by Gasteiger charge is 2.00. The molecule has 0 spiro atoms. The second kappa shape index (κ2) is 3.97. The van der Waals surface area contributed by atoms with Crippen LogP contribution in [0.2, 0.25) is 5.02 Å². The minimum absolute atomic E-state index is 0.477. The number of nitrogens with zero attached hydrogens (tertiary/aromatic N) is 1. The topological polar surface area (TPSA) is 49.8 Å². The molecule has 0 aliphatic rings. The second-order valence-corrected chi connectivity index (χ2v) is 3.10. The summed E-state index contributed by atoms with van der Waals surface area (Å²) in [6.45, 7) is 1.68. The molecule has 0 fully saturated rings. The van der Waals surface area contributed by atoms with Gasteiger partial charge in [-0.25, -0.2) is 0 Å². The highest BCUT2D eigenvalue weighted by Crippen LogP contribution is 2.17. The number of nitrogens with two attached hydrogens (primary N) is 1. The van der Waals surface area contributed by atoms with Crippen LogP contribution in [0.1, 0.15) is 12.5 Å². The zero-order chi connectivity index (χ0) is 9.84. The molecular weight excluding hydrogens is 184 g/mol. The molecule has 1 aromatic rings. The maximum Gasteiger partial charge on any atom is 0.0965 e. The van der Waals surface area contributed by atoms with E-state index in [4.69, 9.17) is 22.6 Å². The van der Waals surface area contributed by atoms with E-state index in [0.717, 1.165) is 5.56 Å². The van der Waals surface area contributed by atoms with Crippen LogP contribution in [0.5, 0.6) is 0 Å². The SMILES string of the molecule is C/C(C#N)=C(/N)c1cccc(Cl)c1. The van der Waals surface area contributed by atoms with Gasteiger partial charge >= 0.3 is 0 Å². The van der Waals surface area contributed by atoms with Crippen molar-refractivity contribution in [1.29, 1.82) is 5.26 Å². The molecule has 0 saturated carbocycles. The van der Waals surface area contributed by atoms with E-state index in [1.54, 1.807) is 25.1 Å². The van der Waals surface area contributed by atoms with Crippen molar-refractivity contribution in [1.82, 2.24) is 0 Å². The summed E-state index contributed by atoms with van der Waals surface area (Å²) in [5.74, 6) is 0. The van der Waals surface area contributed by atoms with Gasteiger partial charge in [0.15, 0.2) is 0 Å². The average molecular weight is 193 g/mol. The van der Waals surface area contributed by atoms with E-state index in [2.05, 4.69) is 0 Å². The predicted octanol–water partition coefficient (Wildman–Crippen LogP) is 2.55. The Labute approximate surface area is 82.2 Å². The zero-order valence-electron chi connectivity index (χ0n) is 7.21. The summed E-state index contributed by atoms with van der Waals surface area (Å²) in [6, 6.07) is 9.11. The maximum atomic E-state index is 8.61. The summed E-state index contributed by atoms with van der Waals surface area (Å²) in [4.78, 5) is 0. The molecule has 0 radical (unpaired) electrons. The predicted molar refractivity (Wildman–Crippen MR) is 53.8 cm³/mol. The van der Waals surface area contributed by atoms with Crippen LogP contribution in [0, 0.1) is 11.3 Å². The molecule has 0 unspecified atom stereocenters. The quantitative estimate of drug-likeness (QED) is 0.696. The van der Waals surface area contributed by atoms with E-state index in [1.807, 2.05) is 12.1 Å². The van der Waals surface area contributed by atoms with Crippen LogP contribution < -0.4 is 5.73 Å². The zero-order valence-corrected chi connectivity index (χ0v) is 7.97. The monoisotopic (exact) mass is 192 g/mol. The lowest BCUT2D eigenvalue weighted by molar-refractivity contribution is 1.39. The van der Waals surface area contributed by atoms with Crippen molar-refractivity contribution in [3.8, 4) is 6.07 Å². The van der Waals surface area contributed by atoms with E-state index >= 15 is 0 Å². The Kier molecular flexibility index (Phi) is 2.94. The van der Waals surface area contributed by atoms with Gasteiger partial charge in [0, 0.05) is 10.6 Å². The van der Waals surface area contributed by atoms with Crippen LogP contribution in [0.4, 0.5) is 0 Å². The van der Waals surface area contributed by atoms with E-state index in [-0.39, 0.29) is 0 Å². The molecule has 0 aliphatic heterocycles. The third-order valence-corrected chi connectivity index (χ3v) is 1.94. The molecule has 0 amide bonds. The molecule has 0 heterocycles. The molecule has 1 aromatic carbocycles. The van der Waals surface area contributed by atoms with Crippen LogP contribution in [-0.4, -0.2) is 0 Å². The number of hydrogen-bond acceptors (Lipinski definition) is 2. The van der Waals surface area contributed by atoms with E-state index < -0.39 is 0 Å². The number of allylic oxidation sites excluding steroid dienone is 1. The Bertz CT molecular complexity index is 388. The smallest absolute Gasteiger partial charge is 0.0965 e. The van der Waals surface area contributed by atoms with Crippen molar-refractivity contribution in [2.45, 2.75) is 6.92 Å². The number of benzene rings is 1. The van der Waals surface area contributed by atoms with Crippen molar-refractivity contribution >= 4 is 17.3 Å². The van der Waals surface area contributed by atoms with Gasteiger partial charge in [-0.05, 0) is 24.6 Å². The van der Waals surface area contributed by atoms with Crippen LogP contribution in [-0.2, 0) is 0 Å². The Morgan fingerprint density at radius 1 is 1.54 bits per heavy atom. The first kappa shape index (κ1) is 9.63. The van der Waals surface area contributed by atoms with Crippen molar-refractivity contribution in [2.75, 3.05) is 0 Å². The number of rotatable bonds is 1. The van der Waals surface area contributed by atoms with Crippen LogP contribution in [0.25, 0.3) is 5.70 Å². The Balaban J connectivity index is 3.18. The summed E-state index contributed by atoms with van der Waals surface area (Å²) >= 11 is 5.78. The third-order valence-electron chi connectivity index (χ3n) is 1.71. The van der Waals surface area contributed by atoms with Crippen LogP contribution >= 0.6 is 11.6 Å². The molecule has 13 heavy (non-hydrogen) atoms. The number of nitriles is 1. The van der Waals surface area contributed by atoms with E-state index in [9.17, 15) is 0 Å². The minimum Gasteiger partial charge on any atom is -0.397 e. The lowest BCUT2D eigenvalue weighted by Gasteiger charge is -2.02. The Morgan fingerprint density at radius 3 is 2.77 bits per heavy atom. The van der Waals surface area contributed by atoms with Crippen LogP contribution in [0.15, 0.2) is 29.8 Å². The van der Waals surface area contributed by atoms with Crippen molar-refractivity contribution in [3.05, 3.63) is 40.4 Å². The lowest BCUT2D eigenvalue weighted by atomic mass is 10.1. The molecular formula is C10H9ClN2. The fourth-order valence-electron chi connectivity index (χ4n) is 0.933. The molecule has 66 valence electrons. The largest absolute Gasteiger partial charge is 0.397 e. The summed E-state index contributed by atoms with van der Waals surface area (Å²) < 4.78 is 0. The first-order valence-electron chi connectivity index (χ1n) is 3.77. The molecule has 0 aliphatic carbocycles. The van der Waals surface area contributed by atoms with Crippen molar-refractivity contribution < 1.29 is 0 Å². The number of halogens is 1. The Morgan fingerprint density at radius 2 is 2.23 bits per heavy atom. The van der Waals surface area contributed by atoms with Gasteiger partial charge in [-0.1, -0.05) is 23.7 Å². The average Bonchev–Trinajstić information content (AvgIpc) is 2.15. The molecule has 2 nitrogen and oxygen atoms in total. The highest BCUT2D eigenvalue weighted by molar-refractivity contribution is 6.30. The third kappa shape index (κ3) is 2.24. The lowest BCUT2D eigenvalue weighted by Crippen LogP contribution is -1.98. The molecule has 0 aromatic heterocycles. The van der Waals surface area contributed by atoms with Gasteiger partial charge in [-0.2, -0.15) is 5.26 Å². The minimum atomic E-state index is 0.477. The van der Waals surface area contributed by atoms with Gasteiger partial charge in [-0.15, -0.1) is 0 Å². The van der Waals surface area contributed by atoms with E-state index in [0.29, 0.717) is 16.3 Å². The standard InChI is InChI=1S/C10H9ClN2/c1-7(6-12)10(13)8-3-2-4-9(11)5-8/h2-5H,13H2,1H3/b10-7-. The van der Waals surface area contributed by atoms with Gasteiger partial charge < -0.3 is 5.73 Å². The fraction of sp³-hybridized carbons (Fsp3) is 0.100. The first-order chi connectivity index (χ1) is 6.15.